The molecule has 38 heavy (non-hydrogen) atoms. The number of carbonyl (C=O) groups is 1. The SMILES string of the molecule is CC(C)(C)OC(=O)C1CCCN1Cc1cc(Cl)c(COc2cnc(OCC(F)(F)C(F)F)c(Cl)c2)cc1F. The number of pyridine rings is 1. The molecule has 1 aliphatic rings. The molecule has 0 radical (unpaired) electrons. The van der Waals surface area contributed by atoms with Crippen molar-refractivity contribution in [2.24, 2.45) is 0 Å². The molecule has 2 aromatic rings. The van der Waals surface area contributed by atoms with E-state index in [2.05, 4.69) is 9.72 Å². The summed E-state index contributed by atoms with van der Waals surface area (Å²) in [4.78, 5) is 18.1. The molecule has 13 heteroatoms. The van der Waals surface area contributed by atoms with Crippen LogP contribution in [0, 0.1) is 5.82 Å². The molecule has 0 bridgehead atoms. The van der Waals surface area contributed by atoms with Crippen molar-refractivity contribution in [2.75, 3.05) is 13.2 Å². The third-order valence-electron chi connectivity index (χ3n) is 5.53. The van der Waals surface area contributed by atoms with Gasteiger partial charge in [0.05, 0.1) is 6.20 Å². The summed E-state index contributed by atoms with van der Waals surface area (Å²) < 4.78 is 81.2. The van der Waals surface area contributed by atoms with Gasteiger partial charge in [0.1, 0.15) is 34.8 Å². The van der Waals surface area contributed by atoms with Crippen LogP contribution in [0.5, 0.6) is 11.6 Å². The van der Waals surface area contributed by atoms with Crippen molar-refractivity contribution in [3.8, 4) is 11.6 Å². The van der Waals surface area contributed by atoms with Crippen molar-refractivity contribution in [1.82, 2.24) is 9.88 Å². The van der Waals surface area contributed by atoms with Crippen LogP contribution in [0.3, 0.4) is 0 Å². The predicted molar refractivity (Wildman–Crippen MR) is 131 cm³/mol. The number of hydrogen-bond donors (Lipinski definition) is 0. The molecule has 0 aliphatic carbocycles. The van der Waals surface area contributed by atoms with Crippen LogP contribution in [0.1, 0.15) is 44.7 Å². The highest BCUT2D eigenvalue weighted by Crippen LogP contribution is 2.31. The molecule has 6 nitrogen and oxygen atoms in total. The molecule has 2 heterocycles. The Hall–Kier alpha value is -2.37. The summed E-state index contributed by atoms with van der Waals surface area (Å²) in [6, 6.07) is 3.40. The maximum atomic E-state index is 14.9. The van der Waals surface area contributed by atoms with E-state index in [9.17, 15) is 26.7 Å². The highest BCUT2D eigenvalue weighted by Gasteiger charge is 2.42. The Morgan fingerprint density at radius 2 is 1.84 bits per heavy atom. The molecule has 0 N–H and O–H groups in total. The third-order valence-corrected chi connectivity index (χ3v) is 6.15. The van der Waals surface area contributed by atoms with Crippen LogP contribution < -0.4 is 9.47 Å². The first-order valence-corrected chi connectivity index (χ1v) is 12.4. The fourth-order valence-corrected chi connectivity index (χ4v) is 4.17. The number of halogens is 7. The number of ether oxygens (including phenoxy) is 3. The van der Waals surface area contributed by atoms with E-state index < -0.39 is 42.3 Å². The average Bonchev–Trinajstić information content (AvgIpc) is 3.27. The summed E-state index contributed by atoms with van der Waals surface area (Å²) in [5.74, 6) is -5.64. The Labute approximate surface area is 227 Å². The molecule has 210 valence electrons. The minimum Gasteiger partial charge on any atom is -0.487 e. The molecule has 1 fully saturated rings. The standard InChI is InChI=1S/C25H27Cl2F5N2O4/c1-24(2,3)38-22(35)20-5-4-6-34(20)11-14-7-17(26)15(8-19(14)28)12-36-16-9-18(27)21(33-10-16)37-13-25(31,32)23(29)30/h7-10,20,23H,4-6,11-13H2,1-3H3. The lowest BCUT2D eigenvalue weighted by Gasteiger charge is -2.27. The van der Waals surface area contributed by atoms with E-state index in [1.54, 1.807) is 20.8 Å². The van der Waals surface area contributed by atoms with Crippen molar-refractivity contribution >= 4 is 29.2 Å². The van der Waals surface area contributed by atoms with E-state index in [1.807, 2.05) is 4.90 Å². The van der Waals surface area contributed by atoms with Gasteiger partial charge in [0.25, 0.3) is 0 Å². The molecule has 1 aliphatic heterocycles. The molecule has 0 saturated carbocycles. The highest BCUT2D eigenvalue weighted by molar-refractivity contribution is 6.32. The summed E-state index contributed by atoms with van der Waals surface area (Å²) in [5, 5.41) is -0.0204. The van der Waals surface area contributed by atoms with Crippen LogP contribution in [-0.2, 0) is 22.7 Å². The zero-order chi connectivity index (χ0) is 28.3. The van der Waals surface area contributed by atoms with E-state index in [-0.39, 0.29) is 34.9 Å². The number of esters is 1. The average molecular weight is 585 g/mol. The van der Waals surface area contributed by atoms with E-state index in [0.717, 1.165) is 12.6 Å². The fourth-order valence-electron chi connectivity index (χ4n) is 3.71. The summed E-state index contributed by atoms with van der Waals surface area (Å²) in [5.41, 5.74) is -0.00967. The van der Waals surface area contributed by atoms with Crippen molar-refractivity contribution in [1.29, 1.82) is 0 Å². The lowest BCUT2D eigenvalue weighted by molar-refractivity contribution is -0.160. The van der Waals surface area contributed by atoms with Crippen molar-refractivity contribution < 1.29 is 41.0 Å². The highest BCUT2D eigenvalue weighted by atomic mass is 35.5. The van der Waals surface area contributed by atoms with Crippen LogP contribution in [0.4, 0.5) is 22.0 Å². The largest absolute Gasteiger partial charge is 0.487 e. The quantitative estimate of drug-likeness (QED) is 0.229. The van der Waals surface area contributed by atoms with Gasteiger partial charge in [-0.15, -0.1) is 0 Å². The van der Waals surface area contributed by atoms with Gasteiger partial charge in [0.2, 0.25) is 5.88 Å². The second kappa shape index (κ2) is 12.2. The van der Waals surface area contributed by atoms with Crippen molar-refractivity contribution in [2.45, 2.75) is 70.8 Å². The van der Waals surface area contributed by atoms with Gasteiger partial charge in [0, 0.05) is 28.8 Å². The van der Waals surface area contributed by atoms with Crippen molar-refractivity contribution in [3.63, 3.8) is 0 Å². The van der Waals surface area contributed by atoms with Gasteiger partial charge in [-0.3, -0.25) is 9.69 Å². The zero-order valence-corrected chi connectivity index (χ0v) is 22.4. The molecule has 1 aromatic heterocycles. The van der Waals surface area contributed by atoms with Crippen molar-refractivity contribution in [3.05, 3.63) is 51.4 Å². The topological polar surface area (TPSA) is 60.9 Å². The van der Waals surface area contributed by atoms with Gasteiger partial charge in [0.15, 0.2) is 6.61 Å². The first-order chi connectivity index (χ1) is 17.7. The Balaban J connectivity index is 1.62. The number of carbonyl (C=O) groups excluding carboxylic acids is 1. The molecule has 1 aromatic carbocycles. The minimum atomic E-state index is -4.36. The third kappa shape index (κ3) is 8.07. The number of aromatic nitrogens is 1. The predicted octanol–water partition coefficient (Wildman–Crippen LogP) is 6.69. The Bertz CT molecular complexity index is 1150. The first-order valence-electron chi connectivity index (χ1n) is 11.7. The van der Waals surface area contributed by atoms with Gasteiger partial charge in [-0.05, 0) is 52.3 Å². The second-order valence-corrected chi connectivity index (χ2v) is 10.6. The summed E-state index contributed by atoms with van der Waals surface area (Å²) in [6.45, 7) is 4.36. The number of hydrogen-bond acceptors (Lipinski definition) is 6. The van der Waals surface area contributed by atoms with Crippen LogP contribution in [0.2, 0.25) is 10.0 Å². The van der Waals surface area contributed by atoms with Gasteiger partial charge in [-0.25, -0.2) is 18.2 Å². The number of rotatable bonds is 10. The number of likely N-dealkylation sites (tertiary alicyclic amines) is 1. The molecule has 0 spiro atoms. The first kappa shape index (κ1) is 30.2. The van der Waals surface area contributed by atoms with Crippen LogP contribution in [0.15, 0.2) is 24.4 Å². The van der Waals surface area contributed by atoms with E-state index >= 15 is 0 Å². The summed E-state index contributed by atoms with van der Waals surface area (Å²) in [7, 11) is 0. The van der Waals surface area contributed by atoms with E-state index in [0.29, 0.717) is 24.1 Å². The lowest BCUT2D eigenvalue weighted by Crippen LogP contribution is -2.40. The lowest BCUT2D eigenvalue weighted by atomic mass is 10.1. The van der Waals surface area contributed by atoms with Gasteiger partial charge < -0.3 is 14.2 Å². The van der Waals surface area contributed by atoms with Gasteiger partial charge in [-0.1, -0.05) is 23.2 Å². The fraction of sp³-hybridized carbons (Fsp3) is 0.520. The Morgan fingerprint density at radius 1 is 1.13 bits per heavy atom. The molecule has 0 amide bonds. The number of benzene rings is 1. The monoisotopic (exact) mass is 584 g/mol. The number of alkyl halides is 4. The Morgan fingerprint density at radius 3 is 2.47 bits per heavy atom. The van der Waals surface area contributed by atoms with Gasteiger partial charge >= 0.3 is 18.3 Å². The second-order valence-electron chi connectivity index (χ2n) is 9.79. The molecular weight excluding hydrogens is 558 g/mol. The maximum absolute atomic E-state index is 14.9. The summed E-state index contributed by atoms with van der Waals surface area (Å²) in [6.07, 6.45) is -1.42. The molecule has 3 rings (SSSR count). The zero-order valence-electron chi connectivity index (χ0n) is 20.9. The summed E-state index contributed by atoms with van der Waals surface area (Å²) >= 11 is 12.3. The molecule has 1 unspecified atom stereocenters. The van der Waals surface area contributed by atoms with E-state index in [1.165, 1.54) is 18.2 Å². The Kier molecular flexibility index (Phi) is 9.70. The van der Waals surface area contributed by atoms with Crippen LogP contribution in [-0.4, -0.2) is 53.0 Å². The number of nitrogens with zero attached hydrogens (tertiary/aromatic N) is 2. The molecule has 1 saturated heterocycles. The van der Waals surface area contributed by atoms with Gasteiger partial charge in [-0.2, -0.15) is 8.78 Å². The van der Waals surface area contributed by atoms with Crippen LogP contribution >= 0.6 is 23.2 Å². The van der Waals surface area contributed by atoms with E-state index in [4.69, 9.17) is 32.7 Å². The smallest absolute Gasteiger partial charge is 0.340 e. The minimum absolute atomic E-state index is 0.0841. The molecular formula is C25H27Cl2F5N2O4. The maximum Gasteiger partial charge on any atom is 0.340 e. The van der Waals surface area contributed by atoms with Crippen LogP contribution in [0.25, 0.3) is 0 Å². The normalized spacial score (nSPS) is 16.7. The molecule has 1 atom stereocenters.